The highest BCUT2D eigenvalue weighted by atomic mass is 16.5. The van der Waals surface area contributed by atoms with Crippen LogP contribution in [0.5, 0.6) is 0 Å². The Morgan fingerprint density at radius 1 is 0.966 bits per heavy atom. The van der Waals surface area contributed by atoms with Crippen LogP contribution in [0.4, 0.5) is 0 Å². The number of aryl methyl sites for hydroxylation is 1. The van der Waals surface area contributed by atoms with Crippen molar-refractivity contribution >= 4 is 5.91 Å². The van der Waals surface area contributed by atoms with Crippen LogP contribution in [0.1, 0.15) is 41.9 Å². The molecule has 4 nitrogen and oxygen atoms in total. The van der Waals surface area contributed by atoms with Crippen LogP contribution >= 0.6 is 0 Å². The Hall–Kier alpha value is -2.17. The zero-order valence-corrected chi connectivity index (χ0v) is 17.4. The summed E-state index contributed by atoms with van der Waals surface area (Å²) in [5, 5.41) is 0. The number of likely N-dealkylation sites (tertiary alicyclic amines) is 1. The lowest BCUT2D eigenvalue weighted by Gasteiger charge is -2.40. The summed E-state index contributed by atoms with van der Waals surface area (Å²) >= 11 is 0. The summed E-state index contributed by atoms with van der Waals surface area (Å²) in [6.07, 6.45) is 2.69. The molecule has 0 N–H and O–H groups in total. The maximum atomic E-state index is 13.2. The Morgan fingerprint density at radius 3 is 2.31 bits per heavy atom. The van der Waals surface area contributed by atoms with E-state index in [1.165, 1.54) is 16.7 Å². The standard InChI is InChI=1S/C25H32N2O2/c1-20-7-5-6-10-23(20)24(21-8-3-2-4-9-21)19-25(28)27-13-11-22(12-14-27)26-15-17-29-18-16-26/h2-10,22,24H,11-19H2,1H3/t24-/m0/s1. The Labute approximate surface area is 174 Å². The molecule has 2 heterocycles. The van der Waals surface area contributed by atoms with Gasteiger partial charge in [0, 0.05) is 44.6 Å². The van der Waals surface area contributed by atoms with Crippen molar-refractivity contribution in [3.05, 3.63) is 71.3 Å². The number of carbonyl (C=O) groups is 1. The van der Waals surface area contributed by atoms with Crippen LogP contribution in [-0.2, 0) is 9.53 Å². The van der Waals surface area contributed by atoms with Gasteiger partial charge in [0.1, 0.15) is 0 Å². The largest absolute Gasteiger partial charge is 0.379 e. The van der Waals surface area contributed by atoms with E-state index in [9.17, 15) is 4.79 Å². The first kappa shape index (κ1) is 20.1. The summed E-state index contributed by atoms with van der Waals surface area (Å²) in [5.74, 6) is 0.393. The van der Waals surface area contributed by atoms with Crippen molar-refractivity contribution in [2.45, 2.75) is 38.1 Å². The van der Waals surface area contributed by atoms with Crippen molar-refractivity contribution in [1.82, 2.24) is 9.80 Å². The highest BCUT2D eigenvalue weighted by molar-refractivity contribution is 5.78. The highest BCUT2D eigenvalue weighted by Crippen LogP contribution is 2.31. The molecule has 4 rings (SSSR count). The predicted molar refractivity (Wildman–Crippen MR) is 116 cm³/mol. The van der Waals surface area contributed by atoms with Crippen LogP contribution in [0, 0.1) is 6.92 Å². The molecule has 1 amide bonds. The van der Waals surface area contributed by atoms with Crippen LogP contribution < -0.4 is 0 Å². The maximum absolute atomic E-state index is 13.2. The van der Waals surface area contributed by atoms with Gasteiger partial charge in [-0.25, -0.2) is 0 Å². The van der Waals surface area contributed by atoms with E-state index in [-0.39, 0.29) is 11.8 Å². The summed E-state index contributed by atoms with van der Waals surface area (Å²) in [6.45, 7) is 7.63. The molecule has 1 atom stereocenters. The zero-order valence-electron chi connectivity index (χ0n) is 17.4. The minimum absolute atomic E-state index is 0.113. The summed E-state index contributed by atoms with van der Waals surface area (Å²) in [4.78, 5) is 17.9. The van der Waals surface area contributed by atoms with Gasteiger partial charge in [-0.1, -0.05) is 54.6 Å². The Morgan fingerprint density at radius 2 is 1.62 bits per heavy atom. The molecular formula is C25H32N2O2. The number of benzene rings is 2. The molecule has 0 aliphatic carbocycles. The molecule has 2 fully saturated rings. The summed E-state index contributed by atoms with van der Waals surface area (Å²) in [5.41, 5.74) is 3.73. The molecular weight excluding hydrogens is 360 g/mol. The predicted octanol–water partition coefficient (Wildman–Crippen LogP) is 3.84. The van der Waals surface area contributed by atoms with E-state index in [0.29, 0.717) is 12.5 Å². The van der Waals surface area contributed by atoms with Gasteiger partial charge in [0.25, 0.3) is 0 Å². The van der Waals surface area contributed by atoms with Crippen LogP contribution in [0.3, 0.4) is 0 Å². The lowest BCUT2D eigenvalue weighted by molar-refractivity contribution is -0.133. The first-order chi connectivity index (χ1) is 14.2. The van der Waals surface area contributed by atoms with Crippen molar-refractivity contribution < 1.29 is 9.53 Å². The number of rotatable bonds is 5. The molecule has 2 saturated heterocycles. The van der Waals surface area contributed by atoms with Crippen molar-refractivity contribution in [3.63, 3.8) is 0 Å². The average molecular weight is 393 g/mol. The van der Waals surface area contributed by atoms with Crippen LogP contribution in [0.15, 0.2) is 54.6 Å². The second-order valence-electron chi connectivity index (χ2n) is 8.28. The molecule has 2 aromatic rings. The molecule has 0 unspecified atom stereocenters. The summed E-state index contributed by atoms with van der Waals surface area (Å²) in [7, 11) is 0. The Balaban J connectivity index is 1.43. The van der Waals surface area contributed by atoms with Gasteiger partial charge in [0.15, 0.2) is 0 Å². The van der Waals surface area contributed by atoms with Crippen molar-refractivity contribution in [3.8, 4) is 0 Å². The summed E-state index contributed by atoms with van der Waals surface area (Å²) < 4.78 is 5.48. The molecule has 2 aromatic carbocycles. The fraction of sp³-hybridized carbons (Fsp3) is 0.480. The Bertz CT molecular complexity index is 793. The fourth-order valence-electron chi connectivity index (χ4n) is 4.80. The quantitative estimate of drug-likeness (QED) is 0.775. The van der Waals surface area contributed by atoms with Gasteiger partial charge in [-0.05, 0) is 36.5 Å². The van der Waals surface area contributed by atoms with E-state index >= 15 is 0 Å². The van der Waals surface area contributed by atoms with Crippen LogP contribution in [0.2, 0.25) is 0 Å². The lowest BCUT2D eigenvalue weighted by atomic mass is 9.85. The van der Waals surface area contributed by atoms with Crippen molar-refractivity contribution in [2.75, 3.05) is 39.4 Å². The first-order valence-corrected chi connectivity index (χ1v) is 10.9. The summed E-state index contributed by atoms with van der Waals surface area (Å²) in [6, 6.07) is 19.5. The zero-order chi connectivity index (χ0) is 20.1. The number of hydrogen-bond donors (Lipinski definition) is 0. The smallest absolute Gasteiger partial charge is 0.223 e. The molecule has 4 heteroatoms. The van der Waals surface area contributed by atoms with Crippen molar-refractivity contribution in [2.24, 2.45) is 0 Å². The van der Waals surface area contributed by atoms with Gasteiger partial charge in [-0.3, -0.25) is 9.69 Å². The second kappa shape index (κ2) is 9.55. The number of nitrogens with zero attached hydrogens (tertiary/aromatic N) is 2. The van der Waals surface area contributed by atoms with E-state index in [2.05, 4.69) is 65.3 Å². The van der Waals surface area contributed by atoms with Crippen LogP contribution in [0.25, 0.3) is 0 Å². The van der Waals surface area contributed by atoms with E-state index in [1.54, 1.807) is 0 Å². The van der Waals surface area contributed by atoms with Crippen LogP contribution in [-0.4, -0.2) is 61.1 Å². The molecule has 154 valence electrons. The number of hydrogen-bond acceptors (Lipinski definition) is 3. The maximum Gasteiger partial charge on any atom is 0.223 e. The third-order valence-electron chi connectivity index (χ3n) is 6.52. The molecule has 0 spiro atoms. The van der Waals surface area contributed by atoms with Gasteiger partial charge in [0.05, 0.1) is 13.2 Å². The Kier molecular flexibility index (Phi) is 6.63. The monoisotopic (exact) mass is 392 g/mol. The molecule has 0 bridgehead atoms. The number of piperidine rings is 1. The minimum Gasteiger partial charge on any atom is -0.379 e. The van der Waals surface area contributed by atoms with E-state index in [1.807, 2.05) is 6.07 Å². The van der Waals surface area contributed by atoms with Crippen molar-refractivity contribution in [1.29, 1.82) is 0 Å². The second-order valence-corrected chi connectivity index (χ2v) is 8.28. The number of carbonyl (C=O) groups excluding carboxylic acids is 1. The van der Waals surface area contributed by atoms with Gasteiger partial charge in [-0.15, -0.1) is 0 Å². The minimum atomic E-state index is 0.113. The SMILES string of the molecule is Cc1ccccc1[C@@H](CC(=O)N1CCC(N2CCOCC2)CC1)c1ccccc1. The van der Waals surface area contributed by atoms with Gasteiger partial charge < -0.3 is 9.64 Å². The van der Waals surface area contributed by atoms with Gasteiger partial charge in [0.2, 0.25) is 5.91 Å². The topological polar surface area (TPSA) is 32.8 Å². The molecule has 0 saturated carbocycles. The van der Waals surface area contributed by atoms with E-state index in [4.69, 9.17) is 4.74 Å². The average Bonchev–Trinajstić information content (AvgIpc) is 2.79. The highest BCUT2D eigenvalue weighted by Gasteiger charge is 2.29. The third kappa shape index (κ3) is 4.88. The molecule has 2 aliphatic heterocycles. The lowest BCUT2D eigenvalue weighted by Crippen LogP contribution is -2.50. The van der Waals surface area contributed by atoms with Gasteiger partial charge >= 0.3 is 0 Å². The molecule has 0 radical (unpaired) electrons. The molecule has 2 aliphatic rings. The van der Waals surface area contributed by atoms with Gasteiger partial charge in [-0.2, -0.15) is 0 Å². The fourth-order valence-corrected chi connectivity index (χ4v) is 4.80. The first-order valence-electron chi connectivity index (χ1n) is 10.9. The molecule has 0 aromatic heterocycles. The molecule has 29 heavy (non-hydrogen) atoms. The third-order valence-corrected chi connectivity index (χ3v) is 6.52. The normalized spacial score (nSPS) is 19.8. The number of morpholine rings is 1. The van der Waals surface area contributed by atoms with E-state index < -0.39 is 0 Å². The number of amides is 1. The van der Waals surface area contributed by atoms with E-state index in [0.717, 1.165) is 52.2 Å². The number of ether oxygens (including phenoxy) is 1.